The number of nitrogens with one attached hydrogen (secondary N) is 1. The van der Waals surface area contributed by atoms with Crippen molar-refractivity contribution in [2.45, 2.75) is 159 Å². The fraction of sp³-hybridized carbons (Fsp3) is 0.643. The number of hydrogen-bond donors (Lipinski definition) is 1. The van der Waals surface area contributed by atoms with E-state index in [4.69, 9.17) is 0 Å². The molecule has 274 valence electrons. The van der Waals surface area contributed by atoms with Crippen molar-refractivity contribution in [3.05, 3.63) is 90.3 Å². The van der Waals surface area contributed by atoms with Crippen LogP contribution in [-0.2, 0) is 19.3 Å². The van der Waals surface area contributed by atoms with E-state index in [1.807, 2.05) is 43.0 Å². The Kier molecular flexibility index (Phi) is 15.1. The number of pyridine rings is 3. The maximum Gasteiger partial charge on any atom is 0.260 e. The van der Waals surface area contributed by atoms with Gasteiger partial charge in [0.05, 0.1) is 6.54 Å². The van der Waals surface area contributed by atoms with E-state index in [2.05, 4.69) is 69.0 Å². The quantitative estimate of drug-likeness (QED) is 0.136. The Labute approximate surface area is 300 Å². The third-order valence-corrected chi connectivity index (χ3v) is 11.4. The van der Waals surface area contributed by atoms with Crippen LogP contribution in [0.25, 0.3) is 0 Å². The van der Waals surface area contributed by atoms with E-state index in [1.54, 1.807) is 12.4 Å². The fourth-order valence-corrected chi connectivity index (χ4v) is 8.88. The van der Waals surface area contributed by atoms with Crippen LogP contribution in [-0.4, -0.2) is 80.0 Å². The van der Waals surface area contributed by atoms with Gasteiger partial charge in [-0.1, -0.05) is 26.8 Å². The van der Waals surface area contributed by atoms with E-state index in [0.717, 1.165) is 69.9 Å². The van der Waals surface area contributed by atoms with Crippen molar-refractivity contribution in [2.75, 3.05) is 13.1 Å². The van der Waals surface area contributed by atoms with E-state index in [-0.39, 0.29) is 19.0 Å². The topological polar surface area (TPSA) is 57.2 Å². The molecule has 3 aromatic heterocycles. The summed E-state index contributed by atoms with van der Waals surface area (Å²) < 4.78 is 31.4. The van der Waals surface area contributed by atoms with Crippen LogP contribution in [0, 0.1) is 0 Å². The maximum absolute atomic E-state index is 15.7. The van der Waals surface area contributed by atoms with Gasteiger partial charge in [-0.15, -0.1) is 0 Å². The SMILES string of the molecule is CCCN(CC(F)(F)CCc1ccncc1)C1CC(CC)N(C2CC(CC)NC(CCCc3ccncc3)C2)C(CCCc2cccnc2)C1. The van der Waals surface area contributed by atoms with Gasteiger partial charge in [-0.2, -0.15) is 0 Å². The summed E-state index contributed by atoms with van der Waals surface area (Å²) in [4.78, 5) is 17.7. The van der Waals surface area contributed by atoms with Crippen molar-refractivity contribution in [1.29, 1.82) is 0 Å². The monoisotopic (exact) mass is 689 g/mol. The van der Waals surface area contributed by atoms with Crippen molar-refractivity contribution in [3.8, 4) is 0 Å². The molecule has 0 spiro atoms. The smallest absolute Gasteiger partial charge is 0.260 e. The van der Waals surface area contributed by atoms with Crippen LogP contribution in [0.1, 0.15) is 115 Å². The second-order valence-corrected chi connectivity index (χ2v) is 15.1. The van der Waals surface area contributed by atoms with Crippen molar-refractivity contribution in [3.63, 3.8) is 0 Å². The first-order chi connectivity index (χ1) is 24.4. The van der Waals surface area contributed by atoms with Gasteiger partial charge in [-0.3, -0.25) is 24.8 Å². The first-order valence-corrected chi connectivity index (χ1v) is 19.7. The second-order valence-electron chi connectivity index (χ2n) is 15.1. The Morgan fingerprint density at radius 1 is 0.740 bits per heavy atom. The molecular formula is C42H62F2N6. The predicted molar refractivity (Wildman–Crippen MR) is 200 cm³/mol. The predicted octanol–water partition coefficient (Wildman–Crippen LogP) is 8.71. The average Bonchev–Trinajstić information content (AvgIpc) is 3.14. The molecule has 8 heteroatoms. The first kappa shape index (κ1) is 38.4. The highest BCUT2D eigenvalue weighted by Gasteiger charge is 2.44. The molecule has 5 rings (SSSR count). The summed E-state index contributed by atoms with van der Waals surface area (Å²) >= 11 is 0. The third kappa shape index (κ3) is 11.6. The zero-order chi connectivity index (χ0) is 35.2. The number of alkyl halides is 2. The largest absolute Gasteiger partial charge is 0.311 e. The summed E-state index contributed by atoms with van der Waals surface area (Å²) in [6.45, 7) is 7.35. The van der Waals surface area contributed by atoms with Gasteiger partial charge in [0, 0.05) is 79.9 Å². The summed E-state index contributed by atoms with van der Waals surface area (Å²) in [6, 6.07) is 14.7. The lowest BCUT2D eigenvalue weighted by Crippen LogP contribution is -2.62. The number of piperidine rings is 2. The summed E-state index contributed by atoms with van der Waals surface area (Å²) in [6.07, 6.45) is 25.2. The molecule has 0 radical (unpaired) electrons. The zero-order valence-electron chi connectivity index (χ0n) is 30.9. The van der Waals surface area contributed by atoms with Crippen molar-refractivity contribution < 1.29 is 8.78 Å². The van der Waals surface area contributed by atoms with Crippen LogP contribution in [0.5, 0.6) is 0 Å². The highest BCUT2D eigenvalue weighted by atomic mass is 19.3. The molecule has 3 aromatic rings. The second kappa shape index (κ2) is 19.7. The maximum atomic E-state index is 15.7. The Morgan fingerprint density at radius 2 is 1.40 bits per heavy atom. The molecule has 1 N–H and O–H groups in total. The third-order valence-electron chi connectivity index (χ3n) is 11.4. The zero-order valence-corrected chi connectivity index (χ0v) is 30.9. The number of halogens is 2. The van der Waals surface area contributed by atoms with E-state index in [1.165, 1.54) is 36.8 Å². The van der Waals surface area contributed by atoms with Crippen LogP contribution in [0.15, 0.2) is 73.6 Å². The number of rotatable bonds is 19. The van der Waals surface area contributed by atoms with E-state index >= 15 is 8.78 Å². The van der Waals surface area contributed by atoms with Gasteiger partial charge in [0.25, 0.3) is 5.92 Å². The van der Waals surface area contributed by atoms with Crippen LogP contribution >= 0.6 is 0 Å². The molecule has 6 unspecified atom stereocenters. The molecule has 6 atom stereocenters. The molecule has 0 saturated carbocycles. The van der Waals surface area contributed by atoms with E-state index < -0.39 is 5.92 Å². The number of aromatic nitrogens is 3. The fourth-order valence-electron chi connectivity index (χ4n) is 8.88. The van der Waals surface area contributed by atoms with Gasteiger partial charge in [-0.25, -0.2) is 8.78 Å². The summed E-state index contributed by atoms with van der Waals surface area (Å²) in [5, 5.41) is 4.02. The molecule has 2 saturated heterocycles. The highest BCUT2D eigenvalue weighted by molar-refractivity contribution is 5.11. The minimum Gasteiger partial charge on any atom is -0.311 e. The van der Waals surface area contributed by atoms with Crippen LogP contribution < -0.4 is 5.32 Å². The molecular weight excluding hydrogens is 627 g/mol. The molecule has 0 aliphatic carbocycles. The van der Waals surface area contributed by atoms with Gasteiger partial charge < -0.3 is 5.32 Å². The molecule has 0 amide bonds. The molecule has 2 aliphatic heterocycles. The Balaban J connectivity index is 1.31. The van der Waals surface area contributed by atoms with E-state index in [0.29, 0.717) is 36.6 Å². The Hall–Kier alpha value is -2.81. The standard InChI is InChI=1S/C42H62F2N6/c1-4-26-49(32-42(43,44)20-15-34-18-24-46-25-19-34)40-29-38(6-3)50(39(30-40)14-8-11-35-12-9-21-47-31-35)41-27-36(5-2)48-37(28-41)13-7-10-33-16-22-45-23-17-33/h9,12,16-19,21-25,31,36-41,48H,4-8,10-11,13-15,20,26-30,32H2,1-3H3. The lowest BCUT2D eigenvalue weighted by Gasteiger charge is -2.54. The molecule has 6 nitrogen and oxygen atoms in total. The van der Waals surface area contributed by atoms with Crippen LogP contribution in [0.2, 0.25) is 0 Å². The molecule has 0 bridgehead atoms. The summed E-state index contributed by atoms with van der Waals surface area (Å²) in [5.41, 5.74) is 3.57. The van der Waals surface area contributed by atoms with Gasteiger partial charge in [0.2, 0.25) is 0 Å². The Bertz CT molecular complexity index is 1350. The van der Waals surface area contributed by atoms with Gasteiger partial charge in [-0.05, 0) is 143 Å². The van der Waals surface area contributed by atoms with Gasteiger partial charge in [0.1, 0.15) is 0 Å². The van der Waals surface area contributed by atoms with Crippen LogP contribution in [0.4, 0.5) is 8.78 Å². The molecule has 5 heterocycles. The van der Waals surface area contributed by atoms with E-state index in [9.17, 15) is 0 Å². The molecule has 50 heavy (non-hydrogen) atoms. The van der Waals surface area contributed by atoms with Gasteiger partial charge >= 0.3 is 0 Å². The number of hydrogen-bond acceptors (Lipinski definition) is 6. The molecule has 0 aromatic carbocycles. The Morgan fingerprint density at radius 3 is 2.06 bits per heavy atom. The van der Waals surface area contributed by atoms with Crippen LogP contribution in [0.3, 0.4) is 0 Å². The normalized spacial score (nSPS) is 24.8. The molecule has 2 fully saturated rings. The summed E-state index contributed by atoms with van der Waals surface area (Å²) in [7, 11) is 0. The number of aryl methyl sites for hydroxylation is 3. The van der Waals surface area contributed by atoms with Crippen molar-refractivity contribution in [1.82, 2.24) is 30.1 Å². The number of nitrogens with zero attached hydrogens (tertiary/aromatic N) is 5. The van der Waals surface area contributed by atoms with Gasteiger partial charge in [0.15, 0.2) is 0 Å². The lowest BCUT2D eigenvalue weighted by molar-refractivity contribution is -0.0752. The first-order valence-electron chi connectivity index (χ1n) is 19.7. The average molecular weight is 689 g/mol. The molecule has 2 aliphatic rings. The van der Waals surface area contributed by atoms with Crippen molar-refractivity contribution in [2.24, 2.45) is 0 Å². The number of likely N-dealkylation sites (tertiary alicyclic amines) is 1. The highest BCUT2D eigenvalue weighted by Crippen LogP contribution is 2.38. The summed E-state index contributed by atoms with van der Waals surface area (Å²) in [5.74, 6) is -2.74. The minimum atomic E-state index is -2.74. The minimum absolute atomic E-state index is 0.127. The lowest BCUT2D eigenvalue weighted by atomic mass is 9.80. The van der Waals surface area contributed by atoms with Crippen molar-refractivity contribution >= 4 is 0 Å².